The lowest BCUT2D eigenvalue weighted by Gasteiger charge is -2.46. The molecule has 2 aromatic rings. The van der Waals surface area contributed by atoms with Crippen LogP contribution in [0.15, 0.2) is 28.8 Å². The topological polar surface area (TPSA) is 79.5 Å². The van der Waals surface area contributed by atoms with Gasteiger partial charge in [0.05, 0.1) is 5.92 Å². The summed E-state index contributed by atoms with van der Waals surface area (Å²) in [4.78, 5) is 33.5. The molecule has 1 aromatic heterocycles. The molecule has 2 atom stereocenters. The number of fused-ring (bicyclic) bond motifs is 1. The van der Waals surface area contributed by atoms with Crippen molar-refractivity contribution in [1.29, 1.82) is 0 Å². The second-order valence-electron chi connectivity index (χ2n) is 7.83. The number of benzene rings is 1. The van der Waals surface area contributed by atoms with Gasteiger partial charge in [0, 0.05) is 17.6 Å². The predicted octanol–water partition coefficient (Wildman–Crippen LogP) is 3.36. The van der Waals surface area contributed by atoms with Crippen molar-refractivity contribution < 1.29 is 18.5 Å². The normalized spacial score (nSPS) is 25.2. The van der Waals surface area contributed by atoms with Gasteiger partial charge in [-0.05, 0) is 37.8 Å². The van der Waals surface area contributed by atoms with Crippen LogP contribution in [-0.4, -0.2) is 44.0 Å². The Bertz CT molecular complexity index is 926. The first-order valence-corrected chi connectivity index (χ1v) is 9.84. The van der Waals surface area contributed by atoms with E-state index in [0.29, 0.717) is 11.5 Å². The van der Waals surface area contributed by atoms with E-state index in [0.717, 1.165) is 38.5 Å². The number of hydrogen-bond acceptors (Lipinski definition) is 5. The van der Waals surface area contributed by atoms with Crippen molar-refractivity contribution >= 4 is 11.9 Å². The maximum Gasteiger partial charge on any atom is 0.327 e. The van der Waals surface area contributed by atoms with Gasteiger partial charge in [0.25, 0.3) is 0 Å². The van der Waals surface area contributed by atoms with E-state index in [1.807, 2.05) is 0 Å². The van der Waals surface area contributed by atoms with Crippen LogP contribution in [0.5, 0.6) is 0 Å². The standard InChI is InChI=1S/C20H21FN4O3/c21-13-5-3-4-12(10-13)18-22-17(28-23-18)11-24-16-7-2-1-6-15(16)19(26)25(20(24)27)14-8-9-14/h3-5,10,14-16H,1-2,6-9,11H2. The predicted molar refractivity (Wildman–Crippen MR) is 96.2 cm³/mol. The molecule has 3 amide bonds. The van der Waals surface area contributed by atoms with Gasteiger partial charge < -0.3 is 9.42 Å². The molecule has 2 aliphatic carbocycles. The molecular weight excluding hydrogens is 363 g/mol. The van der Waals surface area contributed by atoms with Gasteiger partial charge in [-0.3, -0.25) is 9.69 Å². The first-order chi connectivity index (χ1) is 13.6. The van der Waals surface area contributed by atoms with Gasteiger partial charge in [0.15, 0.2) is 0 Å². The Balaban J connectivity index is 1.41. The average Bonchev–Trinajstić information content (AvgIpc) is 3.42. The smallest absolute Gasteiger partial charge is 0.327 e. The maximum atomic E-state index is 13.5. The molecule has 0 N–H and O–H groups in total. The second kappa shape index (κ2) is 6.68. The summed E-state index contributed by atoms with van der Waals surface area (Å²) in [7, 11) is 0. The summed E-state index contributed by atoms with van der Waals surface area (Å²) in [6.45, 7) is 0.165. The number of imide groups is 1. The molecule has 28 heavy (non-hydrogen) atoms. The lowest BCUT2D eigenvalue weighted by atomic mass is 9.81. The third kappa shape index (κ3) is 2.96. The zero-order valence-corrected chi connectivity index (χ0v) is 15.4. The Hall–Kier alpha value is -2.77. The van der Waals surface area contributed by atoms with Crippen LogP contribution in [0.3, 0.4) is 0 Å². The second-order valence-corrected chi connectivity index (χ2v) is 7.83. The van der Waals surface area contributed by atoms with Crippen LogP contribution in [0.1, 0.15) is 44.4 Å². The fraction of sp³-hybridized carbons (Fsp3) is 0.500. The number of nitrogens with zero attached hydrogens (tertiary/aromatic N) is 4. The largest absolute Gasteiger partial charge is 0.337 e. The highest BCUT2D eigenvalue weighted by molar-refractivity contribution is 5.99. The van der Waals surface area contributed by atoms with E-state index < -0.39 is 0 Å². The molecule has 2 heterocycles. The summed E-state index contributed by atoms with van der Waals surface area (Å²) in [6.07, 6.45) is 5.40. The summed E-state index contributed by atoms with van der Waals surface area (Å²) in [5.74, 6) is 0.0482. The van der Waals surface area contributed by atoms with Crippen LogP contribution >= 0.6 is 0 Å². The van der Waals surface area contributed by atoms with Crippen molar-refractivity contribution in [2.45, 2.75) is 57.2 Å². The molecule has 8 heteroatoms. The van der Waals surface area contributed by atoms with Gasteiger partial charge in [0.1, 0.15) is 12.4 Å². The highest BCUT2D eigenvalue weighted by Gasteiger charge is 2.51. The van der Waals surface area contributed by atoms with Crippen molar-refractivity contribution in [1.82, 2.24) is 19.9 Å². The molecule has 3 aliphatic rings. The van der Waals surface area contributed by atoms with Crippen LogP contribution in [0.4, 0.5) is 9.18 Å². The van der Waals surface area contributed by atoms with E-state index in [-0.39, 0.29) is 48.1 Å². The minimum atomic E-state index is -0.376. The first-order valence-electron chi connectivity index (χ1n) is 9.84. The molecule has 3 fully saturated rings. The lowest BCUT2D eigenvalue weighted by Crippen LogP contribution is -2.62. The highest BCUT2D eigenvalue weighted by Crippen LogP contribution is 2.39. The van der Waals surface area contributed by atoms with Crippen LogP contribution in [0, 0.1) is 11.7 Å². The van der Waals surface area contributed by atoms with Gasteiger partial charge in [-0.15, -0.1) is 0 Å². The summed E-state index contributed by atoms with van der Waals surface area (Å²) in [6, 6.07) is 5.65. The molecule has 146 valence electrons. The van der Waals surface area contributed by atoms with Gasteiger partial charge in [-0.25, -0.2) is 9.18 Å². The SMILES string of the molecule is O=C1C2CCCCC2N(Cc2nc(-c3cccc(F)c3)no2)C(=O)N1C1CC1. The molecule has 0 radical (unpaired) electrons. The number of carbonyl (C=O) groups is 2. The number of carbonyl (C=O) groups excluding carboxylic acids is 2. The van der Waals surface area contributed by atoms with E-state index in [9.17, 15) is 14.0 Å². The van der Waals surface area contributed by atoms with Crippen LogP contribution in [0.2, 0.25) is 0 Å². The number of rotatable bonds is 4. The van der Waals surface area contributed by atoms with Crippen molar-refractivity contribution in [2.24, 2.45) is 5.92 Å². The molecule has 1 saturated heterocycles. The highest BCUT2D eigenvalue weighted by atomic mass is 19.1. The van der Waals surface area contributed by atoms with Crippen LogP contribution in [0.25, 0.3) is 11.4 Å². The summed E-state index contributed by atoms with van der Waals surface area (Å²) in [5.41, 5.74) is 0.519. The molecule has 0 bridgehead atoms. The van der Waals surface area contributed by atoms with E-state index in [1.165, 1.54) is 17.0 Å². The molecule has 2 saturated carbocycles. The van der Waals surface area contributed by atoms with Gasteiger partial charge in [0.2, 0.25) is 17.6 Å². The van der Waals surface area contributed by atoms with E-state index in [1.54, 1.807) is 17.0 Å². The van der Waals surface area contributed by atoms with Crippen molar-refractivity contribution in [3.05, 3.63) is 36.0 Å². The third-order valence-electron chi connectivity index (χ3n) is 5.90. The van der Waals surface area contributed by atoms with Crippen molar-refractivity contribution in [3.8, 4) is 11.4 Å². The molecule has 2 unspecified atom stereocenters. The van der Waals surface area contributed by atoms with Crippen molar-refractivity contribution in [2.75, 3.05) is 0 Å². The number of aromatic nitrogens is 2. The van der Waals surface area contributed by atoms with Gasteiger partial charge in [-0.2, -0.15) is 4.98 Å². The average molecular weight is 384 g/mol. The summed E-state index contributed by atoms with van der Waals surface area (Å²) >= 11 is 0. The fourth-order valence-corrected chi connectivity index (χ4v) is 4.39. The Morgan fingerprint density at radius 1 is 1.14 bits per heavy atom. The van der Waals surface area contributed by atoms with Crippen LogP contribution in [-0.2, 0) is 11.3 Å². The minimum Gasteiger partial charge on any atom is -0.337 e. The van der Waals surface area contributed by atoms with E-state index in [4.69, 9.17) is 4.52 Å². The molecule has 1 aliphatic heterocycles. The van der Waals surface area contributed by atoms with Crippen LogP contribution < -0.4 is 0 Å². The Morgan fingerprint density at radius 3 is 2.75 bits per heavy atom. The summed E-state index contributed by atoms with van der Waals surface area (Å²) < 4.78 is 18.8. The molecular formula is C20H21FN4O3. The quantitative estimate of drug-likeness (QED) is 0.808. The zero-order chi connectivity index (χ0) is 19.3. The number of hydrogen-bond donors (Lipinski definition) is 0. The molecule has 7 nitrogen and oxygen atoms in total. The lowest BCUT2D eigenvalue weighted by molar-refractivity contribution is -0.141. The van der Waals surface area contributed by atoms with Crippen molar-refractivity contribution in [3.63, 3.8) is 0 Å². The zero-order valence-electron chi connectivity index (χ0n) is 15.4. The summed E-state index contributed by atoms with van der Waals surface area (Å²) in [5, 5.41) is 3.93. The Kier molecular flexibility index (Phi) is 4.14. The third-order valence-corrected chi connectivity index (χ3v) is 5.90. The molecule has 5 rings (SSSR count). The van der Waals surface area contributed by atoms with E-state index >= 15 is 0 Å². The Morgan fingerprint density at radius 2 is 1.96 bits per heavy atom. The first kappa shape index (κ1) is 17.3. The molecule has 0 spiro atoms. The number of halogens is 1. The maximum absolute atomic E-state index is 13.5. The minimum absolute atomic E-state index is 0.0144. The molecule has 1 aromatic carbocycles. The monoisotopic (exact) mass is 384 g/mol. The number of urea groups is 1. The number of amides is 3. The van der Waals surface area contributed by atoms with Gasteiger partial charge >= 0.3 is 6.03 Å². The Labute approximate surface area is 161 Å². The van der Waals surface area contributed by atoms with Gasteiger partial charge in [-0.1, -0.05) is 30.1 Å². The fourth-order valence-electron chi connectivity index (χ4n) is 4.39. The van der Waals surface area contributed by atoms with E-state index in [2.05, 4.69) is 10.1 Å².